The van der Waals surface area contributed by atoms with Gasteiger partial charge in [0.05, 0.1) is 14.1 Å². The number of nitrogens with zero attached hydrogens (tertiary/aromatic N) is 1. The number of esters is 1. The quantitative estimate of drug-likeness (QED) is 0.463. The average Bonchev–Trinajstić information content (AvgIpc) is 3.44. The molecule has 2 aromatic heterocycles. The number of nitrogens with one attached hydrogen (secondary N) is 1. The lowest BCUT2D eigenvalue weighted by atomic mass is 10.1. The summed E-state index contributed by atoms with van der Waals surface area (Å²) in [6.45, 7) is 0. The van der Waals surface area contributed by atoms with Crippen molar-refractivity contribution in [2.75, 3.05) is 5.32 Å². The second kappa shape index (κ2) is 8.14. The molecule has 1 atom stereocenters. The Balaban J connectivity index is 1.32. The summed E-state index contributed by atoms with van der Waals surface area (Å²) in [5.74, 6) is -0.357. The molecule has 0 aliphatic carbocycles. The van der Waals surface area contributed by atoms with Crippen molar-refractivity contribution in [3.05, 3.63) is 68.0 Å². The smallest absolute Gasteiger partial charge is 0.356 e. The molecule has 6 nitrogen and oxygen atoms in total. The Morgan fingerprint density at radius 3 is 2.68 bits per heavy atom. The maximum atomic E-state index is 12.3. The molecule has 1 amide bonds. The third-order valence-electron chi connectivity index (χ3n) is 3.86. The molecule has 9 heteroatoms. The van der Waals surface area contributed by atoms with Crippen LogP contribution in [0.2, 0.25) is 4.34 Å². The second-order valence-electron chi connectivity index (χ2n) is 5.82. The summed E-state index contributed by atoms with van der Waals surface area (Å²) in [4.78, 5) is 31.0. The number of hydrogen-bond donors (Lipinski definition) is 1. The number of thiophene rings is 2. The zero-order chi connectivity index (χ0) is 19.5. The maximum absolute atomic E-state index is 12.3. The first-order valence-corrected chi connectivity index (χ1v) is 10.3. The van der Waals surface area contributed by atoms with Crippen LogP contribution in [-0.2, 0) is 9.63 Å². The number of carbonyl (C=O) groups is 2. The SMILES string of the molecule is O=C(Nc1ccc(OC(=O)C2CC(c3ccc(Cl)s3)=NO2)cc1)c1cccs1. The van der Waals surface area contributed by atoms with E-state index >= 15 is 0 Å². The van der Waals surface area contributed by atoms with Gasteiger partial charge in [0.15, 0.2) is 0 Å². The monoisotopic (exact) mass is 432 g/mol. The summed E-state index contributed by atoms with van der Waals surface area (Å²) in [6, 6.07) is 13.7. The molecule has 1 unspecified atom stereocenters. The Morgan fingerprint density at radius 1 is 1.18 bits per heavy atom. The van der Waals surface area contributed by atoms with Gasteiger partial charge in [-0.2, -0.15) is 0 Å². The number of amides is 1. The Bertz CT molecular complexity index is 1030. The highest BCUT2D eigenvalue weighted by atomic mass is 35.5. The summed E-state index contributed by atoms with van der Waals surface area (Å²) in [5.41, 5.74) is 1.28. The van der Waals surface area contributed by atoms with Crippen molar-refractivity contribution in [1.82, 2.24) is 0 Å². The lowest BCUT2D eigenvalue weighted by Gasteiger charge is -2.09. The molecular weight excluding hydrogens is 420 g/mol. The minimum absolute atomic E-state index is 0.183. The third-order valence-corrected chi connectivity index (χ3v) is 6.01. The first kappa shape index (κ1) is 18.7. The van der Waals surface area contributed by atoms with E-state index in [0.717, 1.165) is 4.88 Å². The predicted molar refractivity (Wildman–Crippen MR) is 110 cm³/mol. The van der Waals surface area contributed by atoms with Crippen LogP contribution in [0.4, 0.5) is 5.69 Å². The number of rotatable bonds is 5. The van der Waals surface area contributed by atoms with Crippen molar-refractivity contribution in [3.63, 3.8) is 0 Å². The van der Waals surface area contributed by atoms with Crippen molar-refractivity contribution in [2.45, 2.75) is 12.5 Å². The van der Waals surface area contributed by atoms with Crippen LogP contribution < -0.4 is 10.1 Å². The van der Waals surface area contributed by atoms with Crippen molar-refractivity contribution in [3.8, 4) is 5.75 Å². The highest BCUT2D eigenvalue weighted by Crippen LogP contribution is 2.27. The topological polar surface area (TPSA) is 77.0 Å². The number of anilines is 1. The van der Waals surface area contributed by atoms with Crippen LogP contribution in [-0.4, -0.2) is 23.7 Å². The van der Waals surface area contributed by atoms with Crippen LogP contribution >= 0.6 is 34.3 Å². The molecule has 3 heterocycles. The van der Waals surface area contributed by atoms with Gasteiger partial charge in [0.1, 0.15) is 11.5 Å². The van der Waals surface area contributed by atoms with E-state index in [-0.39, 0.29) is 5.91 Å². The van der Waals surface area contributed by atoms with Crippen LogP contribution in [0.1, 0.15) is 21.0 Å². The standard InChI is InChI=1S/C19H13ClN2O4S2/c20-17-8-7-15(28-17)13-10-14(26-22-13)19(24)25-12-5-3-11(4-6-12)21-18(23)16-2-1-9-27-16/h1-9,14H,10H2,(H,21,23). The van der Waals surface area contributed by atoms with Crippen molar-refractivity contribution < 1.29 is 19.2 Å². The number of hydrogen-bond acceptors (Lipinski definition) is 7. The summed E-state index contributed by atoms with van der Waals surface area (Å²) in [5, 5.41) is 8.58. The minimum atomic E-state index is -0.797. The molecule has 0 bridgehead atoms. The van der Waals surface area contributed by atoms with Gasteiger partial charge in [-0.3, -0.25) is 4.79 Å². The van der Waals surface area contributed by atoms with Crippen LogP contribution in [0, 0.1) is 0 Å². The third kappa shape index (κ3) is 4.24. The van der Waals surface area contributed by atoms with Gasteiger partial charge in [-0.05, 0) is 47.8 Å². The predicted octanol–water partition coefficient (Wildman–Crippen LogP) is 4.81. The summed E-state index contributed by atoms with van der Waals surface area (Å²) < 4.78 is 6.00. The Morgan fingerprint density at radius 2 is 2.00 bits per heavy atom. The highest BCUT2D eigenvalue weighted by Gasteiger charge is 2.31. The van der Waals surface area contributed by atoms with Gasteiger partial charge in [0, 0.05) is 12.1 Å². The van der Waals surface area contributed by atoms with E-state index < -0.39 is 12.1 Å². The fourth-order valence-electron chi connectivity index (χ4n) is 2.51. The molecule has 4 rings (SSSR count). The van der Waals surface area contributed by atoms with E-state index in [1.165, 1.54) is 22.7 Å². The molecule has 0 saturated heterocycles. The second-order valence-corrected chi connectivity index (χ2v) is 8.48. The van der Waals surface area contributed by atoms with Crippen molar-refractivity contribution in [1.29, 1.82) is 0 Å². The first-order valence-electron chi connectivity index (χ1n) is 8.23. The zero-order valence-electron chi connectivity index (χ0n) is 14.3. The molecule has 28 heavy (non-hydrogen) atoms. The first-order chi connectivity index (χ1) is 13.6. The van der Waals surface area contributed by atoms with E-state index in [2.05, 4.69) is 10.5 Å². The summed E-state index contributed by atoms with van der Waals surface area (Å²) >= 11 is 8.66. The van der Waals surface area contributed by atoms with Crippen molar-refractivity contribution in [2.24, 2.45) is 5.16 Å². The van der Waals surface area contributed by atoms with E-state index in [1.54, 1.807) is 36.4 Å². The Labute approximate surface area is 173 Å². The van der Waals surface area contributed by atoms with Crippen LogP contribution in [0.15, 0.2) is 59.1 Å². The van der Waals surface area contributed by atoms with Crippen LogP contribution in [0.25, 0.3) is 0 Å². The molecule has 1 aliphatic rings. The fourth-order valence-corrected chi connectivity index (χ4v) is 4.16. The van der Waals surface area contributed by atoms with Crippen LogP contribution in [0.5, 0.6) is 5.75 Å². The van der Waals surface area contributed by atoms with E-state index in [1.807, 2.05) is 17.5 Å². The van der Waals surface area contributed by atoms with Gasteiger partial charge in [0.25, 0.3) is 5.91 Å². The van der Waals surface area contributed by atoms with Gasteiger partial charge in [-0.15, -0.1) is 22.7 Å². The molecule has 1 N–H and O–H groups in total. The maximum Gasteiger partial charge on any atom is 0.356 e. The van der Waals surface area contributed by atoms with E-state index in [9.17, 15) is 9.59 Å². The summed E-state index contributed by atoms with van der Waals surface area (Å²) in [6.07, 6.45) is -0.473. The highest BCUT2D eigenvalue weighted by molar-refractivity contribution is 7.18. The van der Waals surface area contributed by atoms with Gasteiger partial charge in [-0.25, -0.2) is 4.79 Å². The largest absolute Gasteiger partial charge is 0.424 e. The van der Waals surface area contributed by atoms with Gasteiger partial charge >= 0.3 is 5.97 Å². The lowest BCUT2D eigenvalue weighted by Crippen LogP contribution is -2.26. The normalized spacial score (nSPS) is 15.6. The van der Waals surface area contributed by atoms with Gasteiger partial charge < -0.3 is 14.9 Å². The molecule has 1 aromatic carbocycles. The van der Waals surface area contributed by atoms with E-state index in [4.69, 9.17) is 21.2 Å². The molecule has 3 aromatic rings. The number of carbonyl (C=O) groups excluding carboxylic acids is 2. The molecule has 1 aliphatic heterocycles. The van der Waals surface area contributed by atoms with Crippen molar-refractivity contribution >= 4 is 57.6 Å². The minimum Gasteiger partial charge on any atom is -0.424 e. The molecule has 142 valence electrons. The van der Waals surface area contributed by atoms with Crippen LogP contribution in [0.3, 0.4) is 0 Å². The number of ether oxygens (including phenoxy) is 1. The van der Waals surface area contributed by atoms with Gasteiger partial charge in [-0.1, -0.05) is 22.8 Å². The Kier molecular flexibility index (Phi) is 5.43. The fraction of sp³-hybridized carbons (Fsp3) is 0.105. The number of benzene rings is 1. The number of halogens is 1. The zero-order valence-corrected chi connectivity index (χ0v) is 16.6. The van der Waals surface area contributed by atoms with E-state index in [0.29, 0.717) is 32.8 Å². The molecular formula is C19H13ClN2O4S2. The van der Waals surface area contributed by atoms with Gasteiger partial charge in [0.2, 0.25) is 6.10 Å². The molecule has 0 fully saturated rings. The molecule has 0 radical (unpaired) electrons. The average molecular weight is 433 g/mol. The molecule has 0 saturated carbocycles. The molecule has 0 spiro atoms. The summed E-state index contributed by atoms with van der Waals surface area (Å²) in [7, 11) is 0. The lowest BCUT2D eigenvalue weighted by molar-refractivity contribution is -0.145. The Hall–Kier alpha value is -2.68. The number of oxime groups is 1.